The van der Waals surface area contributed by atoms with Crippen LogP contribution in [0.15, 0.2) is 42.5 Å². The van der Waals surface area contributed by atoms with Crippen molar-refractivity contribution in [3.8, 4) is 35.4 Å². The van der Waals surface area contributed by atoms with Gasteiger partial charge in [0.25, 0.3) is 5.91 Å². The molecule has 0 bridgehead atoms. The van der Waals surface area contributed by atoms with E-state index in [-0.39, 0.29) is 57.7 Å². The van der Waals surface area contributed by atoms with Crippen molar-refractivity contribution in [1.82, 2.24) is 35.0 Å². The maximum absolute atomic E-state index is 17.0. The molecule has 2 atom stereocenters. The van der Waals surface area contributed by atoms with Crippen LogP contribution in [0.5, 0.6) is 11.8 Å². The Balaban J connectivity index is 0.000000171. The number of amides is 4. The molecule has 12 rings (SSSR count). The van der Waals surface area contributed by atoms with Gasteiger partial charge >= 0.3 is 12.1 Å². The zero-order chi connectivity index (χ0) is 52.9. The maximum atomic E-state index is 17.0. The molecule has 0 radical (unpaired) electrons. The van der Waals surface area contributed by atoms with Gasteiger partial charge in [0.1, 0.15) is 41.2 Å². The second kappa shape index (κ2) is 20.9. The summed E-state index contributed by atoms with van der Waals surface area (Å²) in [7, 11) is 1.42. The Bertz CT molecular complexity index is 3160. The van der Waals surface area contributed by atoms with Crippen LogP contribution in [-0.2, 0) is 32.0 Å². The average Bonchev–Trinajstić information content (AvgIpc) is 4.03. The van der Waals surface area contributed by atoms with Crippen molar-refractivity contribution < 1.29 is 47.3 Å². The summed E-state index contributed by atoms with van der Waals surface area (Å²) in [6, 6.07) is 11.2. The molecule has 1 spiro atoms. The number of nitrogens with one attached hydrogen (secondary N) is 1. The molecule has 4 saturated heterocycles. The second-order valence-electron chi connectivity index (χ2n) is 21.8. The predicted octanol–water partition coefficient (Wildman–Crippen LogP) is 8.17. The molecule has 2 N–H and O–H groups in total. The lowest BCUT2D eigenvalue weighted by Crippen LogP contribution is -2.48. The summed E-state index contributed by atoms with van der Waals surface area (Å²) in [4.78, 5) is 70.3. The minimum Gasteiger partial charge on any atom is -0.508 e. The van der Waals surface area contributed by atoms with E-state index in [1.807, 2.05) is 19.1 Å². The molecule has 18 heteroatoms. The van der Waals surface area contributed by atoms with Gasteiger partial charge in [0, 0.05) is 49.3 Å². The monoisotopic (exact) mass is 1040 g/mol. The normalized spacial score (nSPS) is 20.9. The van der Waals surface area contributed by atoms with E-state index >= 15 is 4.39 Å². The average molecular weight is 1040 g/mol. The lowest BCUT2D eigenvalue weighted by molar-refractivity contribution is -0.129. The van der Waals surface area contributed by atoms with Crippen molar-refractivity contribution in [3.63, 3.8) is 0 Å². The van der Waals surface area contributed by atoms with Gasteiger partial charge in [0.05, 0.1) is 41.9 Å². The van der Waals surface area contributed by atoms with Gasteiger partial charge in [-0.05, 0) is 142 Å². The van der Waals surface area contributed by atoms with E-state index in [0.29, 0.717) is 96.7 Å². The first-order valence-electron chi connectivity index (χ1n) is 26.9. The number of anilines is 1. The van der Waals surface area contributed by atoms with Crippen molar-refractivity contribution in [3.05, 3.63) is 82.0 Å². The van der Waals surface area contributed by atoms with E-state index in [1.165, 1.54) is 36.9 Å². The third-order valence-electron chi connectivity index (χ3n) is 17.5. The Morgan fingerprint density at radius 2 is 1.78 bits per heavy atom. The molecule has 3 aromatic carbocycles. The Morgan fingerprint density at radius 3 is 2.51 bits per heavy atom. The van der Waals surface area contributed by atoms with E-state index in [9.17, 15) is 28.7 Å². The molecule has 2 aromatic heterocycles. The number of pyridine rings is 1. The van der Waals surface area contributed by atoms with E-state index in [0.717, 1.165) is 102 Å². The van der Waals surface area contributed by atoms with E-state index in [1.54, 1.807) is 9.80 Å². The summed E-state index contributed by atoms with van der Waals surface area (Å²) in [6.07, 6.45) is 17.8. The molecule has 8 heterocycles. The van der Waals surface area contributed by atoms with E-state index < -0.39 is 23.6 Å². The summed E-state index contributed by atoms with van der Waals surface area (Å²) < 4.78 is 49.0. The molecule has 6 aliphatic heterocycles. The van der Waals surface area contributed by atoms with Crippen molar-refractivity contribution in [2.75, 3.05) is 64.6 Å². The van der Waals surface area contributed by atoms with Gasteiger partial charge in [-0.3, -0.25) is 24.6 Å². The number of ether oxygens (including phenoxy) is 3. The van der Waals surface area contributed by atoms with Gasteiger partial charge in [-0.25, -0.2) is 18.6 Å². The highest BCUT2D eigenvalue weighted by Crippen LogP contribution is 2.57. The summed E-state index contributed by atoms with van der Waals surface area (Å²) in [5.74, 6) is 1.50. The smallest absolute Gasteiger partial charge is 0.409 e. The standard InChI is InChI=1S/C34H33F2N5O3.C24H31N3O5/c1-2-23-25(35)8-6-20-16-22(42)17-24(27(20)23)30-29(36)31-28-26(37-30)9-7-21-18-43-15-5-14-41(21)32(28)39-33(38-31)44-19-34-10-3-12-40(34)13-4-11-34;1-3-4-20(21(29)25-15-28)27-14-17-11-16(5-6-19(17)22(27)30)18-12-24(13-18)7-9-26(10-8-24)23(31)32-2/h1,6,8,16-17,21,42H,3-5,7,9-15,18-19H2;5-6,11,15,18,20H,3-4,7-10,12-14H2,1-2H3,(H,25,28,29). The van der Waals surface area contributed by atoms with Crippen molar-refractivity contribution in [2.24, 2.45) is 5.41 Å². The van der Waals surface area contributed by atoms with Crippen LogP contribution in [0.4, 0.5) is 19.4 Å². The molecular formula is C58H64F2N8O8. The second-order valence-corrected chi connectivity index (χ2v) is 21.8. The molecule has 2 unspecified atom stereocenters. The molecular weight excluding hydrogens is 975 g/mol. The first-order valence-corrected chi connectivity index (χ1v) is 26.9. The highest BCUT2D eigenvalue weighted by molar-refractivity contribution is 6.04. The van der Waals surface area contributed by atoms with Crippen LogP contribution in [0.2, 0.25) is 0 Å². The summed E-state index contributed by atoms with van der Waals surface area (Å²) in [6.45, 7) is 8.30. The van der Waals surface area contributed by atoms with Gasteiger partial charge in [0.15, 0.2) is 5.82 Å². The SMILES string of the molecule is C#Cc1c(F)ccc2cc(O)cc(-c3nc4c5c(nc(OCC67CCCN6CCC7)nc5c3F)N3CCCOCC3CC4)c12.CCCC(C(=O)NC=O)N1Cc2cc(C3CC4(CCN(C(=O)OC)CC4)C3)ccc2C1=O. The highest BCUT2D eigenvalue weighted by Gasteiger charge is 2.48. The third kappa shape index (κ3) is 9.22. The van der Waals surface area contributed by atoms with Gasteiger partial charge in [-0.15, -0.1) is 6.42 Å². The number of terminal acetylenes is 1. The van der Waals surface area contributed by atoms with Gasteiger partial charge in [-0.1, -0.05) is 37.5 Å². The molecule has 5 aromatic rings. The zero-order valence-corrected chi connectivity index (χ0v) is 43.2. The van der Waals surface area contributed by atoms with E-state index in [4.69, 9.17) is 35.6 Å². The fourth-order valence-corrected chi connectivity index (χ4v) is 13.5. The number of likely N-dealkylation sites (tertiary alicyclic amines) is 1. The van der Waals surface area contributed by atoms with Gasteiger partial charge in [-0.2, -0.15) is 9.97 Å². The summed E-state index contributed by atoms with van der Waals surface area (Å²) in [5, 5.41) is 14.2. The third-order valence-corrected chi connectivity index (χ3v) is 17.5. The van der Waals surface area contributed by atoms with Crippen LogP contribution in [0.3, 0.4) is 0 Å². The van der Waals surface area contributed by atoms with Gasteiger partial charge in [0.2, 0.25) is 12.3 Å². The number of aryl methyl sites for hydroxylation is 1. The number of aromatic nitrogens is 3. The number of fused-ring (bicyclic) bond motifs is 5. The maximum Gasteiger partial charge on any atom is 0.409 e. The molecule has 398 valence electrons. The lowest BCUT2D eigenvalue weighted by Gasteiger charge is -2.52. The number of phenolic OH excluding ortho intramolecular Hbond substituents is 1. The number of benzene rings is 3. The molecule has 4 amide bonds. The number of methoxy groups -OCH3 is 1. The first-order chi connectivity index (χ1) is 36.9. The quantitative estimate of drug-likeness (QED) is 0.101. The number of phenols is 1. The number of carbonyl (C=O) groups excluding carboxylic acids is 4. The van der Waals surface area contributed by atoms with Crippen LogP contribution >= 0.6 is 0 Å². The first kappa shape index (κ1) is 51.2. The van der Waals surface area contributed by atoms with Crippen molar-refractivity contribution in [1.29, 1.82) is 0 Å². The Hall–Kier alpha value is -6.97. The Kier molecular flexibility index (Phi) is 14.0. The number of halogens is 2. The lowest BCUT2D eigenvalue weighted by atomic mass is 9.56. The van der Waals surface area contributed by atoms with Crippen molar-refractivity contribution >= 4 is 51.8 Å². The number of aromatic hydroxyl groups is 1. The molecule has 76 heavy (non-hydrogen) atoms. The van der Waals surface area contributed by atoms with Crippen LogP contribution in [-0.4, -0.2) is 136 Å². The number of imide groups is 1. The summed E-state index contributed by atoms with van der Waals surface area (Å²) >= 11 is 0. The number of hydrogen-bond acceptors (Lipinski definition) is 13. The molecule has 5 fully saturated rings. The molecule has 1 aliphatic carbocycles. The zero-order valence-electron chi connectivity index (χ0n) is 43.2. The number of rotatable bonds is 10. The van der Waals surface area contributed by atoms with Crippen LogP contribution in [0.25, 0.3) is 32.9 Å². The topological polar surface area (TPSA) is 180 Å². The Morgan fingerprint density at radius 1 is 0.987 bits per heavy atom. The molecule has 1 saturated carbocycles. The number of hydrogen-bond donors (Lipinski definition) is 2. The summed E-state index contributed by atoms with van der Waals surface area (Å²) in [5.41, 5.74) is 3.99. The van der Waals surface area contributed by atoms with Crippen LogP contribution < -0.4 is 15.0 Å². The molecule has 16 nitrogen and oxygen atoms in total. The van der Waals surface area contributed by atoms with Gasteiger partial charge < -0.3 is 34.0 Å². The number of nitrogens with zero attached hydrogens (tertiary/aromatic N) is 7. The molecule has 7 aliphatic rings. The minimum absolute atomic E-state index is 0.0143. The Labute approximate surface area is 440 Å². The fraction of sp³-hybridized carbons (Fsp3) is 0.500. The predicted molar refractivity (Wildman–Crippen MR) is 280 cm³/mol. The van der Waals surface area contributed by atoms with Crippen LogP contribution in [0, 0.1) is 29.4 Å². The minimum atomic E-state index is -0.692. The van der Waals surface area contributed by atoms with E-state index in [2.05, 4.69) is 27.1 Å². The number of piperidine rings is 1. The fourth-order valence-electron chi connectivity index (χ4n) is 13.5. The largest absolute Gasteiger partial charge is 0.508 e. The number of carbonyl (C=O) groups is 4. The highest BCUT2D eigenvalue weighted by atomic mass is 19.1. The van der Waals surface area contributed by atoms with Crippen LogP contribution in [0.1, 0.15) is 123 Å². The van der Waals surface area contributed by atoms with Crippen molar-refractivity contribution in [2.45, 2.75) is 120 Å².